The molecule has 0 N–H and O–H groups in total. The van der Waals surface area contributed by atoms with Gasteiger partial charge in [-0.1, -0.05) is 11.8 Å². The van der Waals surface area contributed by atoms with Gasteiger partial charge in [0, 0.05) is 17.3 Å². The Hall–Kier alpha value is -2.12. The van der Waals surface area contributed by atoms with E-state index in [0.29, 0.717) is 11.3 Å². The molecule has 0 radical (unpaired) electrons. The largest absolute Gasteiger partial charge is 0.487 e. The van der Waals surface area contributed by atoms with Gasteiger partial charge in [0.25, 0.3) is 0 Å². The van der Waals surface area contributed by atoms with Crippen molar-refractivity contribution in [3.8, 4) is 17.6 Å². The van der Waals surface area contributed by atoms with Crippen LogP contribution in [0.25, 0.3) is 0 Å². The average Bonchev–Trinajstić information content (AvgIpc) is 2.46. The molecule has 0 aliphatic rings. The standard InChI is InChI=1S/C15H10ClF2NO/c16-5-1-2-11-6-14(9-19-8-11)20-10-12-7-13(17)3-4-15(12)18/h3-4,6-9H,5,10H2. The van der Waals surface area contributed by atoms with Gasteiger partial charge in [-0.25, -0.2) is 8.78 Å². The van der Waals surface area contributed by atoms with Crippen LogP contribution in [0, 0.1) is 23.5 Å². The van der Waals surface area contributed by atoms with E-state index in [1.165, 1.54) is 6.20 Å². The van der Waals surface area contributed by atoms with Gasteiger partial charge < -0.3 is 4.74 Å². The van der Waals surface area contributed by atoms with Crippen LogP contribution in [0.15, 0.2) is 36.7 Å². The molecule has 0 spiro atoms. The maximum atomic E-state index is 13.4. The minimum absolute atomic E-state index is 0.0857. The highest BCUT2D eigenvalue weighted by molar-refractivity contribution is 6.19. The zero-order valence-corrected chi connectivity index (χ0v) is 11.1. The second-order valence-electron chi connectivity index (χ2n) is 3.87. The van der Waals surface area contributed by atoms with Crippen molar-refractivity contribution in [3.05, 3.63) is 59.4 Å². The second kappa shape index (κ2) is 6.88. The zero-order chi connectivity index (χ0) is 14.4. The third kappa shape index (κ3) is 3.94. The molecule has 0 atom stereocenters. The molecule has 1 aromatic carbocycles. The Bertz CT molecular complexity index is 664. The molecule has 0 saturated carbocycles. The summed E-state index contributed by atoms with van der Waals surface area (Å²) in [6.45, 7) is -0.0857. The van der Waals surface area contributed by atoms with Crippen molar-refractivity contribution < 1.29 is 13.5 Å². The number of ether oxygens (including phenoxy) is 1. The fraction of sp³-hybridized carbons (Fsp3) is 0.133. The molecular formula is C15H10ClF2NO. The topological polar surface area (TPSA) is 22.1 Å². The number of rotatable bonds is 3. The molecule has 2 rings (SSSR count). The SMILES string of the molecule is Fc1ccc(F)c(COc2cncc(C#CCCl)c2)c1. The third-order valence-electron chi connectivity index (χ3n) is 2.41. The Kier molecular flexibility index (Phi) is 4.91. The minimum Gasteiger partial charge on any atom is -0.487 e. The van der Waals surface area contributed by atoms with Crippen molar-refractivity contribution in [2.75, 3.05) is 5.88 Å². The van der Waals surface area contributed by atoms with Crippen molar-refractivity contribution in [1.29, 1.82) is 0 Å². The van der Waals surface area contributed by atoms with E-state index in [1.807, 2.05) is 0 Å². The molecule has 20 heavy (non-hydrogen) atoms. The van der Waals surface area contributed by atoms with Gasteiger partial charge in [-0.15, -0.1) is 11.6 Å². The van der Waals surface area contributed by atoms with E-state index in [0.717, 1.165) is 18.2 Å². The van der Waals surface area contributed by atoms with Gasteiger partial charge in [-0.05, 0) is 24.3 Å². The van der Waals surface area contributed by atoms with E-state index < -0.39 is 11.6 Å². The highest BCUT2D eigenvalue weighted by Gasteiger charge is 2.05. The van der Waals surface area contributed by atoms with Gasteiger partial charge in [-0.3, -0.25) is 4.98 Å². The first-order valence-electron chi connectivity index (χ1n) is 5.75. The molecule has 1 heterocycles. The third-order valence-corrected chi connectivity index (χ3v) is 2.55. The molecule has 0 bridgehead atoms. The van der Waals surface area contributed by atoms with Crippen molar-refractivity contribution in [2.24, 2.45) is 0 Å². The number of hydrogen-bond acceptors (Lipinski definition) is 2. The van der Waals surface area contributed by atoms with Crippen LogP contribution in [0.2, 0.25) is 0 Å². The quantitative estimate of drug-likeness (QED) is 0.638. The summed E-state index contributed by atoms with van der Waals surface area (Å²) >= 11 is 5.46. The summed E-state index contributed by atoms with van der Waals surface area (Å²) in [5, 5.41) is 0. The van der Waals surface area contributed by atoms with Gasteiger partial charge in [-0.2, -0.15) is 0 Å². The van der Waals surface area contributed by atoms with Crippen LogP contribution >= 0.6 is 11.6 Å². The molecule has 1 aromatic heterocycles. The molecule has 0 aliphatic heterocycles. The lowest BCUT2D eigenvalue weighted by Gasteiger charge is -2.07. The lowest BCUT2D eigenvalue weighted by Crippen LogP contribution is -2.00. The summed E-state index contributed by atoms with van der Waals surface area (Å²) < 4.78 is 31.8. The van der Waals surface area contributed by atoms with Gasteiger partial charge in [0.2, 0.25) is 0 Å². The summed E-state index contributed by atoms with van der Waals surface area (Å²) in [7, 11) is 0. The number of hydrogen-bond donors (Lipinski definition) is 0. The van der Waals surface area contributed by atoms with Gasteiger partial charge in [0.05, 0.1) is 12.1 Å². The van der Waals surface area contributed by atoms with Crippen molar-refractivity contribution in [1.82, 2.24) is 4.98 Å². The fourth-order valence-corrected chi connectivity index (χ4v) is 1.58. The summed E-state index contributed by atoms with van der Waals surface area (Å²) in [6, 6.07) is 4.88. The first kappa shape index (κ1) is 14.3. The molecule has 0 amide bonds. The van der Waals surface area contributed by atoms with Gasteiger partial charge >= 0.3 is 0 Å². The predicted molar refractivity (Wildman–Crippen MR) is 72.5 cm³/mol. The number of aromatic nitrogens is 1. The summed E-state index contributed by atoms with van der Waals surface area (Å²) in [4.78, 5) is 3.95. The maximum absolute atomic E-state index is 13.4. The molecule has 5 heteroatoms. The average molecular weight is 294 g/mol. The Balaban J connectivity index is 2.09. The lowest BCUT2D eigenvalue weighted by atomic mass is 10.2. The highest BCUT2D eigenvalue weighted by Crippen LogP contribution is 2.15. The Morgan fingerprint density at radius 3 is 2.85 bits per heavy atom. The first-order valence-corrected chi connectivity index (χ1v) is 6.29. The number of nitrogens with zero attached hydrogens (tertiary/aromatic N) is 1. The molecule has 102 valence electrons. The number of benzene rings is 1. The van der Waals surface area contributed by atoms with Crippen LogP contribution < -0.4 is 4.74 Å². The van der Waals surface area contributed by atoms with E-state index in [2.05, 4.69) is 16.8 Å². The number of alkyl halides is 1. The van der Waals surface area contributed by atoms with Crippen LogP contribution in [0.3, 0.4) is 0 Å². The summed E-state index contributed by atoms with van der Waals surface area (Å²) in [6.07, 6.45) is 3.04. The monoisotopic (exact) mass is 293 g/mol. The Morgan fingerprint density at radius 1 is 1.20 bits per heavy atom. The van der Waals surface area contributed by atoms with E-state index in [9.17, 15) is 8.78 Å². The van der Waals surface area contributed by atoms with Gasteiger partial charge in [0.15, 0.2) is 0 Å². The molecule has 0 aliphatic carbocycles. The Morgan fingerprint density at radius 2 is 2.05 bits per heavy atom. The van der Waals surface area contributed by atoms with Crippen LogP contribution in [-0.2, 0) is 6.61 Å². The number of pyridine rings is 1. The molecule has 0 fully saturated rings. The molecule has 0 unspecified atom stereocenters. The predicted octanol–water partition coefficient (Wildman–Crippen LogP) is 3.53. The zero-order valence-electron chi connectivity index (χ0n) is 10.4. The second-order valence-corrected chi connectivity index (χ2v) is 4.14. The van der Waals surface area contributed by atoms with E-state index >= 15 is 0 Å². The van der Waals surface area contributed by atoms with Crippen LogP contribution in [0.1, 0.15) is 11.1 Å². The maximum Gasteiger partial charge on any atom is 0.139 e. The van der Waals surface area contributed by atoms with Crippen molar-refractivity contribution >= 4 is 11.6 Å². The minimum atomic E-state index is -0.516. The Labute approximate surface area is 120 Å². The van der Waals surface area contributed by atoms with Crippen LogP contribution in [0.4, 0.5) is 8.78 Å². The highest BCUT2D eigenvalue weighted by atomic mass is 35.5. The normalized spacial score (nSPS) is 9.75. The van der Waals surface area contributed by atoms with E-state index in [1.54, 1.807) is 12.3 Å². The van der Waals surface area contributed by atoms with Crippen LogP contribution in [0.5, 0.6) is 5.75 Å². The molecule has 0 saturated heterocycles. The molecule has 2 aromatic rings. The van der Waals surface area contributed by atoms with Crippen molar-refractivity contribution in [3.63, 3.8) is 0 Å². The lowest BCUT2D eigenvalue weighted by molar-refractivity contribution is 0.298. The fourth-order valence-electron chi connectivity index (χ4n) is 1.52. The van der Waals surface area contributed by atoms with E-state index in [-0.39, 0.29) is 18.1 Å². The van der Waals surface area contributed by atoms with Crippen LogP contribution in [-0.4, -0.2) is 10.9 Å². The molecule has 2 nitrogen and oxygen atoms in total. The number of halogens is 3. The van der Waals surface area contributed by atoms with E-state index in [4.69, 9.17) is 16.3 Å². The van der Waals surface area contributed by atoms with Crippen molar-refractivity contribution in [2.45, 2.75) is 6.61 Å². The summed E-state index contributed by atoms with van der Waals surface area (Å²) in [5.74, 6) is 5.11. The first-order chi connectivity index (χ1) is 9.69. The van der Waals surface area contributed by atoms with Gasteiger partial charge in [0.1, 0.15) is 24.0 Å². The smallest absolute Gasteiger partial charge is 0.139 e. The summed E-state index contributed by atoms with van der Waals surface area (Å²) in [5.41, 5.74) is 0.783. The molecular weight excluding hydrogens is 284 g/mol.